The lowest BCUT2D eigenvalue weighted by Gasteiger charge is -2.46. The van der Waals surface area contributed by atoms with Gasteiger partial charge in [-0.25, -0.2) is 19.6 Å². The molecule has 1 saturated heterocycles. The lowest BCUT2D eigenvalue weighted by Crippen LogP contribution is -2.62. The number of nitrogens with zero attached hydrogens (tertiary/aromatic N) is 7. The normalized spacial score (nSPS) is 20.3. The molecule has 0 unspecified atom stereocenters. The second kappa shape index (κ2) is 24.0. The third kappa shape index (κ3) is 13.1. The van der Waals surface area contributed by atoms with Crippen LogP contribution in [0.2, 0.25) is 0 Å². The first-order valence-corrected chi connectivity index (χ1v) is 19.4. The van der Waals surface area contributed by atoms with Crippen LogP contribution < -0.4 is 5.32 Å². The molecule has 306 valence electrons. The summed E-state index contributed by atoms with van der Waals surface area (Å²) in [6.07, 6.45) is 5.98. The number of rotatable bonds is 27. The molecule has 1 fully saturated rings. The van der Waals surface area contributed by atoms with Crippen LogP contribution in [0.15, 0.2) is 69.5 Å². The molecule has 4 heterocycles. The first kappa shape index (κ1) is 44.8. The number of hydrogen-bond acceptors (Lipinski definition) is 16. The van der Waals surface area contributed by atoms with Crippen LogP contribution in [-0.4, -0.2) is 124 Å². The maximum absolute atomic E-state index is 14.2. The fourth-order valence-corrected chi connectivity index (χ4v) is 6.36. The molecule has 1 N–H and O–H groups in total. The van der Waals surface area contributed by atoms with Crippen molar-refractivity contribution >= 4 is 31.6 Å². The number of carbonyl (C=O) groups excluding carboxylic acids is 1. The van der Waals surface area contributed by atoms with Gasteiger partial charge >= 0.3 is 8.60 Å². The lowest BCUT2D eigenvalue weighted by atomic mass is 9.97. The minimum atomic E-state index is -1.57. The molecule has 0 aromatic carbocycles. The maximum atomic E-state index is 14.2. The molecule has 1 amide bonds. The Morgan fingerprint density at radius 1 is 0.929 bits per heavy atom. The SMILES string of the molecule is C=CCOC[C@H]1O[C@@H](O[C@@H](CC(C)C)C(=O)Nc2nc(-n3cncn3)c3nc(COP(OCC)OCC)cnc3n2)[C@H](OCC=C)[C@@H](OCC=C)[C@@H]1OCC=C. The van der Waals surface area contributed by atoms with Crippen LogP contribution in [-0.2, 0) is 53.4 Å². The third-order valence-electron chi connectivity index (χ3n) is 7.70. The lowest BCUT2D eigenvalue weighted by molar-refractivity contribution is -0.326. The van der Waals surface area contributed by atoms with Gasteiger partial charge in [-0.1, -0.05) is 38.2 Å². The molecule has 3 aromatic rings. The molecule has 0 aliphatic carbocycles. The van der Waals surface area contributed by atoms with Crippen molar-refractivity contribution in [3.8, 4) is 5.82 Å². The van der Waals surface area contributed by atoms with E-state index in [0.29, 0.717) is 30.8 Å². The van der Waals surface area contributed by atoms with E-state index in [1.54, 1.807) is 24.3 Å². The molecule has 4 rings (SSSR count). The van der Waals surface area contributed by atoms with Crippen LogP contribution in [0, 0.1) is 5.92 Å². The van der Waals surface area contributed by atoms with Crippen molar-refractivity contribution in [2.75, 3.05) is 51.6 Å². The van der Waals surface area contributed by atoms with Crippen LogP contribution >= 0.6 is 8.60 Å². The van der Waals surface area contributed by atoms with Gasteiger partial charge in [0.05, 0.1) is 64.7 Å². The highest BCUT2D eigenvalue weighted by atomic mass is 31.2. The fraction of sp³-hybridized carbons (Fsp3) is 0.541. The second-order valence-electron chi connectivity index (χ2n) is 12.4. The summed E-state index contributed by atoms with van der Waals surface area (Å²) in [6, 6.07) is 0. The smallest absolute Gasteiger partial charge is 0.333 e. The number of carbonyl (C=O) groups is 1. The quantitative estimate of drug-likeness (QED) is 0.0625. The van der Waals surface area contributed by atoms with Gasteiger partial charge < -0.3 is 42.0 Å². The largest absolute Gasteiger partial charge is 0.375 e. The average molecular weight is 801 g/mol. The van der Waals surface area contributed by atoms with Gasteiger partial charge in [0, 0.05) is 0 Å². The topological polar surface area (TPSA) is 194 Å². The fourth-order valence-electron chi connectivity index (χ4n) is 5.47. The standard InChI is InChI=1S/C37H53N8O10P/c1-9-15-47-22-28-30(48-16-10-2)31(49-17-11-3)32(50-18-12-4)36(55-28)54-27(19-25(7)8)35(46)44-37-42-33-29(34(43-37)45-24-38-23-40-45)41-26(20-39-33)21-53-56(51-13-5)52-14-6/h9-12,20,23-25,27-28,30-32,36H,1-4,13-19,21-22H2,5-8H3,(H,39,42,43,44,46)/t27-,28+,30+,31-,32+,36+/m0/s1. The van der Waals surface area contributed by atoms with Gasteiger partial charge in [0.25, 0.3) is 5.91 Å². The van der Waals surface area contributed by atoms with E-state index in [0.717, 1.165) is 0 Å². The molecule has 1 aliphatic rings. The summed E-state index contributed by atoms with van der Waals surface area (Å²) in [7, 11) is -1.57. The highest BCUT2D eigenvalue weighted by molar-refractivity contribution is 7.41. The molecular weight excluding hydrogens is 747 g/mol. The Kier molecular flexibility index (Phi) is 19.2. The van der Waals surface area contributed by atoms with E-state index < -0.39 is 51.3 Å². The van der Waals surface area contributed by atoms with Crippen molar-refractivity contribution in [2.45, 2.75) is 77.5 Å². The van der Waals surface area contributed by atoms with Crippen LogP contribution in [0.3, 0.4) is 0 Å². The van der Waals surface area contributed by atoms with Crippen molar-refractivity contribution in [1.82, 2.24) is 34.7 Å². The molecule has 0 bridgehead atoms. The Labute approximate surface area is 328 Å². The highest BCUT2D eigenvalue weighted by Crippen LogP contribution is 2.40. The molecular formula is C37H53N8O10P. The summed E-state index contributed by atoms with van der Waals surface area (Å²) in [5.74, 6) is -0.366. The maximum Gasteiger partial charge on any atom is 0.333 e. The van der Waals surface area contributed by atoms with Crippen LogP contribution in [0.25, 0.3) is 17.0 Å². The monoisotopic (exact) mass is 800 g/mol. The zero-order valence-corrected chi connectivity index (χ0v) is 33.3. The first-order valence-electron chi connectivity index (χ1n) is 18.3. The summed E-state index contributed by atoms with van der Waals surface area (Å²) in [5, 5.41) is 7.04. The van der Waals surface area contributed by atoms with Gasteiger partial charge in [-0.15, -0.1) is 26.3 Å². The van der Waals surface area contributed by atoms with Crippen LogP contribution in [0.1, 0.15) is 39.8 Å². The summed E-state index contributed by atoms with van der Waals surface area (Å²) in [5.41, 5.74) is 0.951. The zero-order chi connectivity index (χ0) is 40.3. The predicted molar refractivity (Wildman–Crippen MR) is 207 cm³/mol. The minimum Gasteiger partial charge on any atom is -0.375 e. The summed E-state index contributed by atoms with van der Waals surface area (Å²) >= 11 is 0. The van der Waals surface area contributed by atoms with E-state index in [4.69, 9.17) is 42.0 Å². The molecule has 0 radical (unpaired) electrons. The highest BCUT2D eigenvalue weighted by Gasteiger charge is 2.50. The Morgan fingerprint density at radius 3 is 2.23 bits per heavy atom. The molecule has 3 aromatic heterocycles. The van der Waals surface area contributed by atoms with Crippen molar-refractivity contribution < 1.29 is 46.8 Å². The van der Waals surface area contributed by atoms with E-state index in [2.05, 4.69) is 61.7 Å². The molecule has 19 heteroatoms. The molecule has 18 nitrogen and oxygen atoms in total. The van der Waals surface area contributed by atoms with E-state index in [9.17, 15) is 4.79 Å². The zero-order valence-electron chi connectivity index (χ0n) is 32.4. The van der Waals surface area contributed by atoms with E-state index >= 15 is 0 Å². The van der Waals surface area contributed by atoms with Crippen LogP contribution in [0.5, 0.6) is 0 Å². The molecule has 1 aliphatic heterocycles. The third-order valence-corrected chi connectivity index (χ3v) is 8.98. The van der Waals surface area contributed by atoms with Gasteiger partial charge in [0.2, 0.25) is 5.95 Å². The number of nitrogens with one attached hydrogen (secondary N) is 1. The number of aromatic nitrogens is 7. The number of anilines is 1. The van der Waals surface area contributed by atoms with Gasteiger partial charge in [0.1, 0.15) is 43.2 Å². The second-order valence-corrected chi connectivity index (χ2v) is 13.7. The van der Waals surface area contributed by atoms with Crippen molar-refractivity contribution in [1.29, 1.82) is 0 Å². The number of amides is 1. The number of fused-ring (bicyclic) bond motifs is 1. The number of hydrogen-bond donors (Lipinski definition) is 1. The van der Waals surface area contributed by atoms with Gasteiger partial charge in [0.15, 0.2) is 23.3 Å². The first-order chi connectivity index (χ1) is 27.3. The molecule has 56 heavy (non-hydrogen) atoms. The summed E-state index contributed by atoms with van der Waals surface area (Å²) in [6.45, 7) is 24.6. The van der Waals surface area contributed by atoms with E-state index in [-0.39, 0.29) is 63.0 Å². The molecule has 0 spiro atoms. The van der Waals surface area contributed by atoms with Crippen molar-refractivity contribution in [3.63, 3.8) is 0 Å². The predicted octanol–water partition coefficient (Wildman–Crippen LogP) is 4.83. The summed E-state index contributed by atoms with van der Waals surface area (Å²) < 4.78 is 55.7. The molecule has 6 atom stereocenters. The summed E-state index contributed by atoms with van der Waals surface area (Å²) in [4.78, 5) is 36.6. The van der Waals surface area contributed by atoms with Crippen molar-refractivity contribution in [3.05, 3.63) is 75.2 Å². The Morgan fingerprint density at radius 2 is 1.61 bits per heavy atom. The van der Waals surface area contributed by atoms with E-state index in [1.165, 1.54) is 23.5 Å². The van der Waals surface area contributed by atoms with Gasteiger partial charge in [-0.05, 0) is 26.2 Å². The Balaban J connectivity index is 1.65. The minimum absolute atomic E-state index is 0.0197. The Hall–Kier alpha value is -3.94. The van der Waals surface area contributed by atoms with Crippen LogP contribution in [0.4, 0.5) is 5.95 Å². The van der Waals surface area contributed by atoms with Gasteiger partial charge in [-0.3, -0.25) is 10.1 Å². The Bertz CT molecular complexity index is 1680. The number of ether oxygens (including phenoxy) is 6. The average Bonchev–Trinajstić information content (AvgIpc) is 3.73. The molecule has 0 saturated carbocycles. The van der Waals surface area contributed by atoms with Crippen molar-refractivity contribution in [2.24, 2.45) is 5.92 Å². The van der Waals surface area contributed by atoms with Gasteiger partial charge in [-0.2, -0.15) is 15.1 Å². The van der Waals surface area contributed by atoms with E-state index in [1.807, 2.05) is 27.7 Å².